The van der Waals surface area contributed by atoms with E-state index < -0.39 is 0 Å². The highest BCUT2D eigenvalue weighted by Crippen LogP contribution is 2.38. The Balaban J connectivity index is 1.88. The molecule has 110 valence electrons. The predicted molar refractivity (Wildman–Crippen MR) is 89.8 cm³/mol. The molecule has 0 bridgehead atoms. The van der Waals surface area contributed by atoms with Crippen molar-refractivity contribution >= 4 is 10.9 Å². The lowest BCUT2D eigenvalue weighted by atomic mass is 10.1. The third-order valence-electron chi connectivity index (χ3n) is 4.57. The first-order valence-corrected chi connectivity index (χ1v) is 7.88. The molecule has 2 nitrogen and oxygen atoms in total. The fourth-order valence-corrected chi connectivity index (χ4v) is 3.18. The van der Waals surface area contributed by atoms with Gasteiger partial charge in [-0.05, 0) is 68.5 Å². The zero-order valence-corrected chi connectivity index (χ0v) is 13.0. The summed E-state index contributed by atoms with van der Waals surface area (Å²) in [6, 6.07) is 14.6. The molecule has 22 heavy (non-hydrogen) atoms. The Kier molecular flexibility index (Phi) is 3.11. The number of rotatable bonds is 2. The molecule has 0 atom stereocenters. The number of ether oxygens (including phenoxy) is 1. The maximum Gasteiger partial charge on any atom is 0.141 e. The molecule has 0 unspecified atom stereocenters. The van der Waals surface area contributed by atoms with Crippen molar-refractivity contribution in [2.75, 3.05) is 0 Å². The van der Waals surface area contributed by atoms with Gasteiger partial charge in [0.05, 0.1) is 5.52 Å². The van der Waals surface area contributed by atoms with Crippen molar-refractivity contribution in [1.82, 2.24) is 4.98 Å². The number of fused-ring (bicyclic) bond motifs is 2. The maximum absolute atomic E-state index is 6.33. The van der Waals surface area contributed by atoms with E-state index in [9.17, 15) is 0 Å². The zero-order valence-electron chi connectivity index (χ0n) is 13.0. The van der Waals surface area contributed by atoms with Crippen molar-refractivity contribution in [3.63, 3.8) is 0 Å². The molecular weight excluding hydrogens is 270 g/mol. The molecule has 0 aliphatic heterocycles. The fourth-order valence-electron chi connectivity index (χ4n) is 3.18. The summed E-state index contributed by atoms with van der Waals surface area (Å²) in [7, 11) is 0. The van der Waals surface area contributed by atoms with Crippen LogP contribution >= 0.6 is 0 Å². The SMILES string of the molecule is Cc1ccc(Oc2c3c(nc4ccccc24)CCC3)cc1C. The molecule has 2 heteroatoms. The molecule has 0 saturated heterocycles. The Labute approximate surface area is 130 Å². The number of aryl methyl sites for hydroxylation is 3. The van der Waals surface area contributed by atoms with Gasteiger partial charge in [-0.15, -0.1) is 0 Å². The molecule has 1 aliphatic rings. The molecule has 0 radical (unpaired) electrons. The van der Waals surface area contributed by atoms with Crippen LogP contribution in [0.2, 0.25) is 0 Å². The van der Waals surface area contributed by atoms with Gasteiger partial charge in [-0.25, -0.2) is 0 Å². The Bertz CT molecular complexity index is 867. The molecule has 3 aromatic rings. The van der Waals surface area contributed by atoms with E-state index in [0.29, 0.717) is 0 Å². The number of hydrogen-bond acceptors (Lipinski definition) is 2. The van der Waals surface area contributed by atoms with Crippen LogP contribution in [0, 0.1) is 13.8 Å². The molecule has 0 amide bonds. The second-order valence-electron chi connectivity index (χ2n) is 6.09. The molecule has 0 fully saturated rings. The Morgan fingerprint density at radius 2 is 1.82 bits per heavy atom. The van der Waals surface area contributed by atoms with Crippen LogP contribution in [0.4, 0.5) is 0 Å². The third kappa shape index (κ3) is 2.16. The van der Waals surface area contributed by atoms with Gasteiger partial charge < -0.3 is 4.74 Å². The lowest BCUT2D eigenvalue weighted by Crippen LogP contribution is -1.96. The lowest BCUT2D eigenvalue weighted by molar-refractivity contribution is 0.482. The van der Waals surface area contributed by atoms with Gasteiger partial charge in [0.25, 0.3) is 0 Å². The number of para-hydroxylation sites is 1. The van der Waals surface area contributed by atoms with Crippen LogP contribution in [0.15, 0.2) is 42.5 Å². The molecule has 1 heterocycles. The van der Waals surface area contributed by atoms with Crippen LogP contribution in [0.5, 0.6) is 11.5 Å². The highest BCUT2D eigenvalue weighted by atomic mass is 16.5. The van der Waals surface area contributed by atoms with E-state index in [-0.39, 0.29) is 0 Å². The Morgan fingerprint density at radius 1 is 0.955 bits per heavy atom. The summed E-state index contributed by atoms with van der Waals surface area (Å²) < 4.78 is 6.33. The number of nitrogens with zero attached hydrogens (tertiary/aromatic N) is 1. The quantitative estimate of drug-likeness (QED) is 0.652. The van der Waals surface area contributed by atoms with E-state index in [1.165, 1.54) is 28.8 Å². The first-order valence-electron chi connectivity index (χ1n) is 7.88. The van der Waals surface area contributed by atoms with E-state index in [4.69, 9.17) is 9.72 Å². The van der Waals surface area contributed by atoms with Gasteiger partial charge in [-0.3, -0.25) is 4.98 Å². The van der Waals surface area contributed by atoms with Gasteiger partial charge >= 0.3 is 0 Å². The van der Waals surface area contributed by atoms with Crippen molar-refractivity contribution in [3.05, 3.63) is 64.8 Å². The van der Waals surface area contributed by atoms with E-state index in [2.05, 4.69) is 50.2 Å². The minimum absolute atomic E-state index is 0.911. The van der Waals surface area contributed by atoms with E-state index >= 15 is 0 Å². The zero-order chi connectivity index (χ0) is 15.1. The van der Waals surface area contributed by atoms with Crippen molar-refractivity contribution in [3.8, 4) is 11.5 Å². The average Bonchev–Trinajstić information content (AvgIpc) is 2.99. The Morgan fingerprint density at radius 3 is 2.68 bits per heavy atom. The predicted octanol–water partition coefficient (Wildman–Crippen LogP) is 5.13. The van der Waals surface area contributed by atoms with Crippen LogP contribution in [-0.4, -0.2) is 4.98 Å². The summed E-state index contributed by atoms with van der Waals surface area (Å²) in [5.74, 6) is 1.91. The van der Waals surface area contributed by atoms with Gasteiger partial charge in [0, 0.05) is 16.6 Å². The standard InChI is InChI=1S/C20H19NO/c1-13-10-11-15(12-14(13)2)22-20-16-6-3-4-8-18(16)21-19-9-5-7-17(19)20/h3-4,6,8,10-12H,5,7,9H2,1-2H3. The lowest BCUT2D eigenvalue weighted by Gasteiger charge is -2.14. The summed E-state index contributed by atoms with van der Waals surface area (Å²) in [6.07, 6.45) is 3.29. The molecule has 4 rings (SSSR count). The smallest absolute Gasteiger partial charge is 0.141 e. The molecule has 0 spiro atoms. The van der Waals surface area contributed by atoms with Gasteiger partial charge in [0.15, 0.2) is 0 Å². The monoisotopic (exact) mass is 289 g/mol. The molecule has 1 aliphatic carbocycles. The first kappa shape index (κ1) is 13.3. The minimum Gasteiger partial charge on any atom is -0.456 e. The highest BCUT2D eigenvalue weighted by Gasteiger charge is 2.21. The summed E-state index contributed by atoms with van der Waals surface area (Å²) in [4.78, 5) is 4.81. The van der Waals surface area contributed by atoms with E-state index in [1.807, 2.05) is 6.07 Å². The third-order valence-corrected chi connectivity index (χ3v) is 4.57. The van der Waals surface area contributed by atoms with Gasteiger partial charge in [0.2, 0.25) is 0 Å². The topological polar surface area (TPSA) is 22.1 Å². The molecule has 0 saturated carbocycles. The van der Waals surface area contributed by atoms with Crippen LogP contribution < -0.4 is 4.74 Å². The number of benzene rings is 2. The van der Waals surface area contributed by atoms with E-state index in [1.54, 1.807) is 0 Å². The average molecular weight is 289 g/mol. The van der Waals surface area contributed by atoms with Gasteiger partial charge in [-0.1, -0.05) is 18.2 Å². The van der Waals surface area contributed by atoms with Gasteiger partial charge in [-0.2, -0.15) is 0 Å². The molecular formula is C20H19NO. The highest BCUT2D eigenvalue weighted by molar-refractivity contribution is 5.87. The van der Waals surface area contributed by atoms with Crippen molar-refractivity contribution in [1.29, 1.82) is 0 Å². The normalized spacial score (nSPS) is 13.4. The molecule has 2 aromatic carbocycles. The van der Waals surface area contributed by atoms with Crippen LogP contribution in [0.3, 0.4) is 0 Å². The summed E-state index contributed by atoms with van der Waals surface area (Å²) in [5.41, 5.74) is 6.07. The van der Waals surface area contributed by atoms with Crippen LogP contribution in [0.1, 0.15) is 28.8 Å². The van der Waals surface area contributed by atoms with Crippen LogP contribution in [-0.2, 0) is 12.8 Å². The molecule has 0 N–H and O–H groups in total. The Hall–Kier alpha value is -2.35. The first-order chi connectivity index (χ1) is 10.7. The largest absolute Gasteiger partial charge is 0.456 e. The van der Waals surface area contributed by atoms with Crippen molar-refractivity contribution in [2.24, 2.45) is 0 Å². The van der Waals surface area contributed by atoms with Crippen molar-refractivity contribution in [2.45, 2.75) is 33.1 Å². The van der Waals surface area contributed by atoms with E-state index in [0.717, 1.165) is 35.2 Å². The number of aromatic nitrogens is 1. The number of hydrogen-bond donors (Lipinski definition) is 0. The van der Waals surface area contributed by atoms with Crippen molar-refractivity contribution < 1.29 is 4.74 Å². The maximum atomic E-state index is 6.33. The fraction of sp³-hybridized carbons (Fsp3) is 0.250. The van der Waals surface area contributed by atoms with Gasteiger partial charge in [0.1, 0.15) is 11.5 Å². The minimum atomic E-state index is 0.911. The second kappa shape index (κ2) is 5.13. The summed E-state index contributed by atoms with van der Waals surface area (Å²) in [6.45, 7) is 4.25. The number of pyridine rings is 1. The van der Waals surface area contributed by atoms with Crippen LogP contribution in [0.25, 0.3) is 10.9 Å². The second-order valence-corrected chi connectivity index (χ2v) is 6.09. The molecule has 1 aromatic heterocycles. The summed E-state index contributed by atoms with van der Waals surface area (Å²) in [5, 5.41) is 1.11. The summed E-state index contributed by atoms with van der Waals surface area (Å²) >= 11 is 0.